The number of carbonyl (C=O) groups is 1. The Bertz CT molecular complexity index is 889. The summed E-state index contributed by atoms with van der Waals surface area (Å²) in [6, 6.07) is 16.3. The van der Waals surface area contributed by atoms with E-state index in [4.69, 9.17) is 0 Å². The lowest BCUT2D eigenvalue weighted by molar-refractivity contribution is -0.127. The molecule has 5 heteroatoms. The predicted molar refractivity (Wildman–Crippen MR) is 107 cm³/mol. The Morgan fingerprint density at radius 3 is 2.65 bits per heavy atom. The van der Waals surface area contributed by atoms with E-state index < -0.39 is 0 Å². The molecule has 0 N–H and O–H groups in total. The van der Waals surface area contributed by atoms with Crippen molar-refractivity contribution in [2.24, 2.45) is 0 Å². The van der Waals surface area contributed by atoms with Crippen molar-refractivity contribution < 1.29 is 4.79 Å². The summed E-state index contributed by atoms with van der Waals surface area (Å²) >= 11 is 1.47. The first kappa shape index (κ1) is 18.3. The summed E-state index contributed by atoms with van der Waals surface area (Å²) in [5.41, 5.74) is 4.70. The summed E-state index contributed by atoms with van der Waals surface area (Å²) in [6.45, 7) is 4.83. The minimum Gasteiger partial charge on any atom is -0.341 e. The smallest absolute Gasteiger partial charge is 0.233 e. The van der Waals surface area contributed by atoms with Crippen molar-refractivity contribution >= 4 is 17.7 Å². The monoisotopic (exact) mass is 365 g/mol. The van der Waals surface area contributed by atoms with E-state index in [0.29, 0.717) is 12.3 Å². The number of amides is 1. The van der Waals surface area contributed by atoms with E-state index in [-0.39, 0.29) is 5.91 Å². The van der Waals surface area contributed by atoms with Gasteiger partial charge in [0.2, 0.25) is 5.91 Å². The fraction of sp³-hybridized carbons (Fsp3) is 0.238. The number of hydrogen-bond donors (Lipinski definition) is 0. The lowest BCUT2D eigenvalue weighted by atomic mass is 10.1. The van der Waals surface area contributed by atoms with Gasteiger partial charge in [0.1, 0.15) is 0 Å². The lowest BCUT2D eigenvalue weighted by Crippen LogP contribution is -2.27. The highest BCUT2D eigenvalue weighted by molar-refractivity contribution is 7.99. The Hall–Kier alpha value is -2.53. The van der Waals surface area contributed by atoms with Gasteiger partial charge in [0.15, 0.2) is 5.16 Å². The fourth-order valence-electron chi connectivity index (χ4n) is 2.76. The number of aryl methyl sites for hydroxylation is 1. The molecule has 2 aromatic carbocycles. The highest BCUT2D eigenvalue weighted by Gasteiger charge is 2.14. The van der Waals surface area contributed by atoms with Crippen LogP contribution in [0.25, 0.3) is 5.69 Å². The largest absolute Gasteiger partial charge is 0.341 e. The predicted octanol–water partition coefficient (Wildman–Crippen LogP) is 4.24. The maximum atomic E-state index is 12.5. The van der Waals surface area contributed by atoms with Gasteiger partial charge in [0.25, 0.3) is 0 Å². The molecule has 1 amide bonds. The van der Waals surface area contributed by atoms with Crippen LogP contribution < -0.4 is 0 Å². The van der Waals surface area contributed by atoms with E-state index in [1.807, 2.05) is 49.6 Å². The average Bonchev–Trinajstić information content (AvgIpc) is 3.11. The third-order valence-electron chi connectivity index (χ3n) is 4.46. The standard InChI is InChI=1S/C21H23N3OS/c1-16-8-7-11-19(17(16)2)24-13-12-22-21(24)26-15-20(25)23(3)14-18-9-5-4-6-10-18/h4-13H,14-15H2,1-3H3. The summed E-state index contributed by atoms with van der Waals surface area (Å²) in [4.78, 5) is 18.7. The van der Waals surface area contributed by atoms with E-state index in [9.17, 15) is 4.79 Å². The normalized spacial score (nSPS) is 10.7. The molecule has 0 bridgehead atoms. The molecule has 0 atom stereocenters. The van der Waals surface area contributed by atoms with Crippen LogP contribution >= 0.6 is 11.8 Å². The number of carbonyl (C=O) groups excluding carboxylic acids is 1. The molecule has 3 rings (SSSR count). The Morgan fingerprint density at radius 2 is 1.88 bits per heavy atom. The molecular formula is C21H23N3OS. The van der Waals surface area contributed by atoms with Gasteiger partial charge in [-0.25, -0.2) is 4.98 Å². The van der Waals surface area contributed by atoms with Gasteiger partial charge in [-0.1, -0.05) is 54.2 Å². The van der Waals surface area contributed by atoms with Gasteiger partial charge in [-0.3, -0.25) is 9.36 Å². The Kier molecular flexibility index (Phi) is 5.78. The number of thioether (sulfide) groups is 1. The van der Waals surface area contributed by atoms with Crippen LogP contribution in [0.4, 0.5) is 0 Å². The summed E-state index contributed by atoms with van der Waals surface area (Å²) in [5, 5.41) is 0.833. The van der Waals surface area contributed by atoms with Gasteiger partial charge in [-0.15, -0.1) is 0 Å². The Balaban J connectivity index is 1.66. The molecule has 0 fully saturated rings. The number of rotatable bonds is 6. The second kappa shape index (κ2) is 8.23. The van der Waals surface area contributed by atoms with Crippen LogP contribution in [0.3, 0.4) is 0 Å². The molecule has 26 heavy (non-hydrogen) atoms. The van der Waals surface area contributed by atoms with Gasteiger partial charge < -0.3 is 4.90 Å². The quantitative estimate of drug-likeness (QED) is 0.613. The van der Waals surface area contributed by atoms with Crippen LogP contribution in [0.15, 0.2) is 66.1 Å². The zero-order valence-electron chi connectivity index (χ0n) is 15.3. The molecule has 3 aromatic rings. The molecular weight excluding hydrogens is 342 g/mol. The molecule has 0 aliphatic heterocycles. The van der Waals surface area contributed by atoms with Crippen molar-refractivity contribution in [3.05, 3.63) is 77.6 Å². The molecule has 1 aromatic heterocycles. The number of imidazole rings is 1. The van der Waals surface area contributed by atoms with Crippen molar-refractivity contribution in [3.8, 4) is 5.69 Å². The first-order chi connectivity index (χ1) is 12.6. The second-order valence-electron chi connectivity index (χ2n) is 6.32. The van der Waals surface area contributed by atoms with Crippen molar-refractivity contribution in [1.82, 2.24) is 14.5 Å². The SMILES string of the molecule is Cc1cccc(-n2ccnc2SCC(=O)N(C)Cc2ccccc2)c1C. The lowest BCUT2D eigenvalue weighted by Gasteiger charge is -2.17. The first-order valence-corrected chi connectivity index (χ1v) is 9.55. The van der Waals surface area contributed by atoms with Gasteiger partial charge in [-0.2, -0.15) is 0 Å². The first-order valence-electron chi connectivity index (χ1n) is 8.57. The van der Waals surface area contributed by atoms with Crippen molar-refractivity contribution in [2.75, 3.05) is 12.8 Å². The number of hydrogen-bond acceptors (Lipinski definition) is 3. The third kappa shape index (κ3) is 4.17. The minimum absolute atomic E-state index is 0.0920. The molecule has 1 heterocycles. The van der Waals surface area contributed by atoms with Gasteiger partial charge in [0.05, 0.1) is 11.4 Å². The van der Waals surface area contributed by atoms with Crippen LogP contribution in [0, 0.1) is 13.8 Å². The molecule has 134 valence electrons. The second-order valence-corrected chi connectivity index (χ2v) is 7.27. The van der Waals surface area contributed by atoms with E-state index in [1.54, 1.807) is 11.1 Å². The molecule has 0 aliphatic rings. The van der Waals surface area contributed by atoms with Crippen molar-refractivity contribution in [3.63, 3.8) is 0 Å². The Labute approximate surface area is 158 Å². The van der Waals surface area contributed by atoms with Crippen LogP contribution in [-0.4, -0.2) is 33.2 Å². The van der Waals surface area contributed by atoms with E-state index in [0.717, 1.165) is 16.4 Å². The molecule has 0 spiro atoms. The van der Waals surface area contributed by atoms with Crippen molar-refractivity contribution in [1.29, 1.82) is 0 Å². The van der Waals surface area contributed by atoms with Gasteiger partial charge >= 0.3 is 0 Å². The molecule has 0 unspecified atom stereocenters. The number of aromatic nitrogens is 2. The van der Waals surface area contributed by atoms with E-state index in [2.05, 4.69) is 35.5 Å². The highest BCUT2D eigenvalue weighted by atomic mass is 32.2. The van der Waals surface area contributed by atoms with E-state index in [1.165, 1.54) is 22.9 Å². The van der Waals surface area contributed by atoms with E-state index >= 15 is 0 Å². The van der Waals surface area contributed by atoms with Gasteiger partial charge in [-0.05, 0) is 36.6 Å². The molecule has 0 saturated carbocycles. The van der Waals surface area contributed by atoms with Crippen LogP contribution in [0.1, 0.15) is 16.7 Å². The molecule has 0 radical (unpaired) electrons. The molecule has 0 aliphatic carbocycles. The van der Waals surface area contributed by atoms with Gasteiger partial charge in [0, 0.05) is 26.0 Å². The zero-order chi connectivity index (χ0) is 18.5. The zero-order valence-corrected chi connectivity index (χ0v) is 16.2. The number of benzene rings is 2. The van der Waals surface area contributed by atoms with Crippen molar-refractivity contribution in [2.45, 2.75) is 25.5 Å². The topological polar surface area (TPSA) is 38.1 Å². The fourth-order valence-corrected chi connectivity index (χ4v) is 3.67. The minimum atomic E-state index is 0.0920. The van der Waals surface area contributed by atoms with Crippen LogP contribution in [0.5, 0.6) is 0 Å². The molecule has 0 saturated heterocycles. The van der Waals surface area contributed by atoms with Crippen LogP contribution in [-0.2, 0) is 11.3 Å². The summed E-state index contributed by atoms with van der Waals surface area (Å²) in [6.07, 6.45) is 3.73. The maximum Gasteiger partial charge on any atom is 0.233 e. The average molecular weight is 366 g/mol. The number of nitrogens with zero attached hydrogens (tertiary/aromatic N) is 3. The molecule has 4 nitrogen and oxygen atoms in total. The highest BCUT2D eigenvalue weighted by Crippen LogP contribution is 2.24. The Morgan fingerprint density at radius 1 is 1.12 bits per heavy atom. The maximum absolute atomic E-state index is 12.5. The summed E-state index contributed by atoms with van der Waals surface area (Å²) in [5.74, 6) is 0.458. The summed E-state index contributed by atoms with van der Waals surface area (Å²) in [7, 11) is 1.84. The van der Waals surface area contributed by atoms with Crippen LogP contribution in [0.2, 0.25) is 0 Å². The third-order valence-corrected chi connectivity index (χ3v) is 5.41. The summed E-state index contributed by atoms with van der Waals surface area (Å²) < 4.78 is 2.05.